The fourth-order valence-corrected chi connectivity index (χ4v) is 2.61. The Kier molecular flexibility index (Phi) is 0.849. The minimum Gasteiger partial charge on any atom is -0.481 e. The van der Waals surface area contributed by atoms with Gasteiger partial charge in [-0.3, -0.25) is 4.79 Å². The molecule has 1 N–H and O–H groups in total. The quantitative estimate of drug-likeness (QED) is 0.633. The molecule has 0 aromatic rings. The Labute approximate surface area is 61.4 Å². The second kappa shape index (κ2) is 1.34. The number of carbonyl (C=O) groups is 1. The normalized spacial score (nSPS) is 53.4. The molecule has 2 fully saturated rings. The summed E-state index contributed by atoms with van der Waals surface area (Å²) in [6.07, 6.45) is 1.97. The molecule has 0 radical (unpaired) electrons. The lowest BCUT2D eigenvalue weighted by Gasteiger charge is -1.84. The van der Waals surface area contributed by atoms with E-state index in [0.717, 1.165) is 12.8 Å². The van der Waals surface area contributed by atoms with Crippen molar-refractivity contribution in [2.75, 3.05) is 0 Å². The van der Waals surface area contributed by atoms with Crippen molar-refractivity contribution in [3.8, 4) is 0 Å². The minimum absolute atomic E-state index is 0.0260. The molecule has 1 spiro atoms. The maximum atomic E-state index is 10.3. The van der Waals surface area contributed by atoms with E-state index >= 15 is 0 Å². The summed E-state index contributed by atoms with van der Waals surface area (Å²) < 4.78 is 0. The molecule has 3 unspecified atom stereocenters. The van der Waals surface area contributed by atoms with Gasteiger partial charge in [0.1, 0.15) is 0 Å². The first-order chi connectivity index (χ1) is 4.17. The number of alkyl halides is 1. The van der Waals surface area contributed by atoms with Crippen LogP contribution in [0.1, 0.15) is 12.8 Å². The van der Waals surface area contributed by atoms with E-state index in [0.29, 0.717) is 4.83 Å². The summed E-state index contributed by atoms with van der Waals surface area (Å²) in [5.74, 6) is -0.640. The van der Waals surface area contributed by atoms with Crippen LogP contribution >= 0.6 is 15.9 Å². The maximum Gasteiger partial charge on any atom is 0.307 e. The van der Waals surface area contributed by atoms with Gasteiger partial charge < -0.3 is 5.11 Å². The highest BCUT2D eigenvalue weighted by molar-refractivity contribution is 9.09. The highest BCUT2D eigenvalue weighted by Gasteiger charge is 2.72. The smallest absolute Gasteiger partial charge is 0.307 e. The van der Waals surface area contributed by atoms with Crippen LogP contribution in [0.3, 0.4) is 0 Å². The van der Waals surface area contributed by atoms with Gasteiger partial charge >= 0.3 is 5.97 Å². The first-order valence-corrected chi connectivity index (χ1v) is 3.95. The molecule has 3 atom stereocenters. The highest BCUT2D eigenvalue weighted by Crippen LogP contribution is 2.73. The molecule has 0 heterocycles. The molecule has 0 bridgehead atoms. The predicted octanol–water partition coefficient (Wildman–Crippen LogP) is 1.24. The lowest BCUT2D eigenvalue weighted by Crippen LogP contribution is -2.00. The van der Waals surface area contributed by atoms with Crippen molar-refractivity contribution in [3.05, 3.63) is 0 Å². The topological polar surface area (TPSA) is 37.3 Å². The van der Waals surface area contributed by atoms with Crippen molar-refractivity contribution in [2.45, 2.75) is 17.7 Å². The van der Waals surface area contributed by atoms with Crippen LogP contribution in [0.15, 0.2) is 0 Å². The largest absolute Gasteiger partial charge is 0.481 e. The molecular formula is C6H7BrO2. The van der Waals surface area contributed by atoms with Crippen LogP contribution in [0.2, 0.25) is 0 Å². The minimum atomic E-state index is -0.614. The van der Waals surface area contributed by atoms with E-state index in [1.54, 1.807) is 0 Å². The molecule has 0 saturated heterocycles. The Bertz CT molecular complexity index is 180. The number of hydrogen-bond donors (Lipinski definition) is 1. The zero-order valence-electron chi connectivity index (χ0n) is 4.80. The van der Waals surface area contributed by atoms with Gasteiger partial charge in [0.25, 0.3) is 0 Å². The highest BCUT2D eigenvalue weighted by atomic mass is 79.9. The molecule has 0 aliphatic heterocycles. The Balaban J connectivity index is 2.04. The van der Waals surface area contributed by atoms with Crippen LogP contribution in [0.25, 0.3) is 0 Å². The Morgan fingerprint density at radius 1 is 1.67 bits per heavy atom. The molecule has 2 aliphatic carbocycles. The van der Waals surface area contributed by atoms with Crippen LogP contribution in [-0.2, 0) is 4.79 Å². The van der Waals surface area contributed by atoms with Gasteiger partial charge in [-0.05, 0) is 18.3 Å². The zero-order chi connectivity index (χ0) is 6.65. The van der Waals surface area contributed by atoms with Gasteiger partial charge in [-0.1, -0.05) is 15.9 Å². The number of carboxylic acid groups (broad SMARTS) is 1. The van der Waals surface area contributed by atoms with Crippen molar-refractivity contribution in [3.63, 3.8) is 0 Å². The van der Waals surface area contributed by atoms with Crippen molar-refractivity contribution >= 4 is 21.9 Å². The van der Waals surface area contributed by atoms with Gasteiger partial charge in [0, 0.05) is 4.83 Å². The molecule has 2 nitrogen and oxygen atoms in total. The SMILES string of the molecule is O=C(O)C1CC12CC2Br. The molecule has 0 aromatic heterocycles. The third-order valence-electron chi connectivity index (χ3n) is 2.44. The standard InChI is InChI=1S/C6H7BrO2/c7-4-2-6(4)1-3(6)5(8)9/h3-4H,1-2H2,(H,8,9). The molecular weight excluding hydrogens is 184 g/mol. The summed E-state index contributed by atoms with van der Waals surface area (Å²) in [7, 11) is 0. The monoisotopic (exact) mass is 190 g/mol. The third-order valence-corrected chi connectivity index (χ3v) is 3.67. The van der Waals surface area contributed by atoms with Crippen molar-refractivity contribution in [1.29, 1.82) is 0 Å². The van der Waals surface area contributed by atoms with Crippen molar-refractivity contribution in [2.24, 2.45) is 11.3 Å². The summed E-state index contributed by atoms with van der Waals surface area (Å²) >= 11 is 3.41. The van der Waals surface area contributed by atoms with Crippen molar-refractivity contribution < 1.29 is 9.90 Å². The fourth-order valence-electron chi connectivity index (χ4n) is 1.50. The molecule has 2 saturated carbocycles. The molecule has 0 aromatic carbocycles. The van der Waals surface area contributed by atoms with Crippen LogP contribution in [0.5, 0.6) is 0 Å². The van der Waals surface area contributed by atoms with Gasteiger partial charge in [0.2, 0.25) is 0 Å². The van der Waals surface area contributed by atoms with Gasteiger partial charge in [-0.2, -0.15) is 0 Å². The van der Waals surface area contributed by atoms with Crippen LogP contribution in [0, 0.1) is 11.3 Å². The number of hydrogen-bond acceptors (Lipinski definition) is 1. The lowest BCUT2D eigenvalue weighted by molar-refractivity contribution is -0.138. The molecule has 50 valence electrons. The number of rotatable bonds is 1. The lowest BCUT2D eigenvalue weighted by atomic mass is 10.3. The molecule has 3 heteroatoms. The molecule has 9 heavy (non-hydrogen) atoms. The Morgan fingerprint density at radius 2 is 2.22 bits per heavy atom. The number of aliphatic carboxylic acids is 1. The van der Waals surface area contributed by atoms with E-state index in [9.17, 15) is 4.79 Å². The van der Waals surface area contributed by atoms with E-state index in [-0.39, 0.29) is 11.3 Å². The summed E-state index contributed by atoms with van der Waals surface area (Å²) in [6.45, 7) is 0. The van der Waals surface area contributed by atoms with Gasteiger partial charge in [-0.25, -0.2) is 0 Å². The fraction of sp³-hybridized carbons (Fsp3) is 0.833. The van der Waals surface area contributed by atoms with E-state index in [1.807, 2.05) is 0 Å². The summed E-state index contributed by atoms with van der Waals surface area (Å²) in [6, 6.07) is 0. The predicted molar refractivity (Wildman–Crippen MR) is 35.5 cm³/mol. The molecule has 2 aliphatic rings. The van der Waals surface area contributed by atoms with Crippen molar-refractivity contribution in [1.82, 2.24) is 0 Å². The molecule has 0 amide bonds. The second-order valence-electron chi connectivity index (χ2n) is 3.00. The average Bonchev–Trinajstić information content (AvgIpc) is 2.54. The van der Waals surface area contributed by atoms with Crippen LogP contribution in [0.4, 0.5) is 0 Å². The van der Waals surface area contributed by atoms with Crippen LogP contribution < -0.4 is 0 Å². The summed E-state index contributed by atoms with van der Waals surface area (Å²) in [5, 5.41) is 8.53. The maximum absolute atomic E-state index is 10.3. The number of halogens is 1. The summed E-state index contributed by atoms with van der Waals surface area (Å²) in [4.78, 5) is 10.8. The van der Waals surface area contributed by atoms with Gasteiger partial charge in [0.15, 0.2) is 0 Å². The van der Waals surface area contributed by atoms with E-state index < -0.39 is 5.97 Å². The summed E-state index contributed by atoms with van der Waals surface area (Å²) in [5.41, 5.74) is 0.214. The average molecular weight is 191 g/mol. The van der Waals surface area contributed by atoms with Gasteiger partial charge in [-0.15, -0.1) is 0 Å². The van der Waals surface area contributed by atoms with E-state index in [2.05, 4.69) is 15.9 Å². The third kappa shape index (κ3) is 0.584. The first-order valence-electron chi connectivity index (χ1n) is 3.04. The Hall–Kier alpha value is -0.0500. The van der Waals surface area contributed by atoms with E-state index in [4.69, 9.17) is 5.11 Å². The zero-order valence-corrected chi connectivity index (χ0v) is 6.39. The van der Waals surface area contributed by atoms with E-state index in [1.165, 1.54) is 0 Å². The Morgan fingerprint density at radius 3 is 2.33 bits per heavy atom. The second-order valence-corrected chi connectivity index (χ2v) is 4.11. The first kappa shape index (κ1) is 5.71. The molecule has 2 rings (SSSR count). The van der Waals surface area contributed by atoms with Crippen LogP contribution in [-0.4, -0.2) is 15.9 Å². The number of carboxylic acids is 1. The van der Waals surface area contributed by atoms with Gasteiger partial charge in [0.05, 0.1) is 5.92 Å².